The highest BCUT2D eigenvalue weighted by molar-refractivity contribution is 8.00. The molecule has 2 aromatic rings. The van der Waals surface area contributed by atoms with Gasteiger partial charge in [0.2, 0.25) is 11.9 Å². The molecule has 1 aliphatic rings. The number of ether oxygens (including phenoxy) is 1. The predicted octanol–water partition coefficient (Wildman–Crippen LogP) is 2.22. The van der Waals surface area contributed by atoms with Crippen LogP contribution in [0.25, 0.3) is 0 Å². The van der Waals surface area contributed by atoms with Crippen LogP contribution in [-0.2, 0) is 16.6 Å². The van der Waals surface area contributed by atoms with Crippen molar-refractivity contribution < 1.29 is 13.9 Å². The molecule has 0 bridgehead atoms. The van der Waals surface area contributed by atoms with E-state index in [9.17, 15) is 9.18 Å². The monoisotopic (exact) mass is 379 g/mol. The van der Waals surface area contributed by atoms with Gasteiger partial charge in [0, 0.05) is 25.8 Å². The lowest BCUT2D eigenvalue weighted by molar-refractivity contribution is -0.115. The van der Waals surface area contributed by atoms with Crippen LogP contribution in [0.2, 0.25) is 0 Å². The molecular formula is C17H22FN5O2S. The molecule has 0 radical (unpaired) electrons. The van der Waals surface area contributed by atoms with Crippen molar-refractivity contribution in [1.29, 1.82) is 0 Å². The van der Waals surface area contributed by atoms with E-state index in [2.05, 4.69) is 20.4 Å². The molecule has 1 aromatic heterocycles. The first kappa shape index (κ1) is 18.7. The number of anilines is 2. The Morgan fingerprint density at radius 1 is 1.35 bits per heavy atom. The molecule has 1 aliphatic heterocycles. The molecule has 1 aromatic carbocycles. The zero-order chi connectivity index (χ0) is 18.7. The van der Waals surface area contributed by atoms with Crippen LogP contribution in [0.1, 0.15) is 12.5 Å². The van der Waals surface area contributed by atoms with Crippen LogP contribution in [0.15, 0.2) is 23.4 Å². The van der Waals surface area contributed by atoms with Gasteiger partial charge < -0.3 is 15.0 Å². The molecule has 1 N–H and O–H groups in total. The maximum absolute atomic E-state index is 13.6. The van der Waals surface area contributed by atoms with Gasteiger partial charge in [0.05, 0.1) is 18.5 Å². The number of nitrogens with zero attached hydrogens (tertiary/aromatic N) is 4. The Balaban J connectivity index is 1.63. The van der Waals surface area contributed by atoms with Crippen molar-refractivity contribution in [2.24, 2.45) is 7.05 Å². The van der Waals surface area contributed by atoms with Crippen molar-refractivity contribution in [3.8, 4) is 0 Å². The summed E-state index contributed by atoms with van der Waals surface area (Å²) in [7, 11) is 1.88. The molecule has 1 atom stereocenters. The van der Waals surface area contributed by atoms with Gasteiger partial charge >= 0.3 is 0 Å². The van der Waals surface area contributed by atoms with Crippen LogP contribution in [0.4, 0.5) is 16.0 Å². The molecule has 2 heterocycles. The Bertz CT molecular complexity index is 791. The number of carbonyl (C=O) groups is 1. The number of aromatic nitrogens is 3. The fourth-order valence-electron chi connectivity index (χ4n) is 2.57. The van der Waals surface area contributed by atoms with Crippen LogP contribution in [0, 0.1) is 12.7 Å². The Labute approximate surface area is 155 Å². The third kappa shape index (κ3) is 4.16. The number of hydrogen-bond donors (Lipinski definition) is 1. The summed E-state index contributed by atoms with van der Waals surface area (Å²) >= 11 is 1.32. The summed E-state index contributed by atoms with van der Waals surface area (Å²) in [6, 6.07) is 4.65. The highest BCUT2D eigenvalue weighted by Gasteiger charge is 2.22. The number of hydrogen-bond acceptors (Lipinski definition) is 6. The normalized spacial score (nSPS) is 15.8. The summed E-state index contributed by atoms with van der Waals surface area (Å²) in [6.07, 6.45) is 0. The van der Waals surface area contributed by atoms with Gasteiger partial charge in [-0.3, -0.25) is 9.36 Å². The smallest absolute Gasteiger partial charge is 0.237 e. The SMILES string of the molecule is Cc1ccc(NC(=O)C(C)Sc2nnc(N3CCOCC3)n2C)cc1F. The van der Waals surface area contributed by atoms with E-state index in [1.54, 1.807) is 26.0 Å². The second kappa shape index (κ2) is 8.05. The van der Waals surface area contributed by atoms with Gasteiger partial charge in [-0.1, -0.05) is 17.8 Å². The van der Waals surface area contributed by atoms with E-state index < -0.39 is 5.25 Å². The Morgan fingerprint density at radius 3 is 2.77 bits per heavy atom. The van der Waals surface area contributed by atoms with Crippen molar-refractivity contribution in [1.82, 2.24) is 14.8 Å². The summed E-state index contributed by atoms with van der Waals surface area (Å²) in [5.41, 5.74) is 0.984. The number of amides is 1. The zero-order valence-electron chi connectivity index (χ0n) is 15.0. The first-order valence-electron chi connectivity index (χ1n) is 8.41. The minimum Gasteiger partial charge on any atom is -0.378 e. The number of rotatable bonds is 5. The standard InChI is InChI=1S/C17H22FN5O2S/c1-11-4-5-13(10-14(11)18)19-15(24)12(2)26-17-21-20-16(22(17)3)23-6-8-25-9-7-23/h4-5,10,12H,6-9H2,1-3H3,(H,19,24). The highest BCUT2D eigenvalue weighted by atomic mass is 32.2. The van der Waals surface area contributed by atoms with Gasteiger partial charge in [0.15, 0.2) is 5.16 Å². The van der Waals surface area contributed by atoms with Crippen molar-refractivity contribution in [2.75, 3.05) is 36.5 Å². The largest absolute Gasteiger partial charge is 0.378 e. The lowest BCUT2D eigenvalue weighted by atomic mass is 10.2. The van der Waals surface area contributed by atoms with Gasteiger partial charge in [-0.25, -0.2) is 4.39 Å². The quantitative estimate of drug-likeness (QED) is 0.803. The Morgan fingerprint density at radius 2 is 2.08 bits per heavy atom. The number of halogens is 1. The molecule has 7 nitrogen and oxygen atoms in total. The number of carbonyl (C=O) groups excluding carboxylic acids is 1. The molecule has 1 amide bonds. The zero-order valence-corrected chi connectivity index (χ0v) is 15.8. The van der Waals surface area contributed by atoms with E-state index in [4.69, 9.17) is 4.74 Å². The van der Waals surface area contributed by atoms with Gasteiger partial charge in [-0.15, -0.1) is 10.2 Å². The van der Waals surface area contributed by atoms with Crippen molar-refractivity contribution >= 4 is 29.3 Å². The van der Waals surface area contributed by atoms with Crippen molar-refractivity contribution in [3.63, 3.8) is 0 Å². The molecule has 26 heavy (non-hydrogen) atoms. The Kier molecular flexibility index (Phi) is 5.77. The van der Waals surface area contributed by atoms with Crippen LogP contribution in [0.3, 0.4) is 0 Å². The topological polar surface area (TPSA) is 72.3 Å². The minimum absolute atomic E-state index is 0.214. The van der Waals surface area contributed by atoms with E-state index in [0.29, 0.717) is 29.6 Å². The maximum atomic E-state index is 13.6. The van der Waals surface area contributed by atoms with Crippen molar-refractivity contribution in [3.05, 3.63) is 29.6 Å². The predicted molar refractivity (Wildman–Crippen MR) is 99.1 cm³/mol. The van der Waals surface area contributed by atoms with Crippen LogP contribution in [-0.4, -0.2) is 52.2 Å². The number of benzene rings is 1. The van der Waals surface area contributed by atoms with Gasteiger partial charge in [0.1, 0.15) is 5.82 Å². The Hall–Kier alpha value is -2.13. The third-order valence-corrected chi connectivity index (χ3v) is 5.33. The number of morpholine rings is 1. The molecule has 1 saturated heterocycles. The van der Waals surface area contributed by atoms with Crippen molar-refractivity contribution in [2.45, 2.75) is 24.3 Å². The average Bonchev–Trinajstić information content (AvgIpc) is 2.99. The summed E-state index contributed by atoms with van der Waals surface area (Å²) in [5, 5.41) is 11.4. The maximum Gasteiger partial charge on any atom is 0.237 e. The molecule has 0 saturated carbocycles. The average molecular weight is 379 g/mol. The number of thioether (sulfide) groups is 1. The summed E-state index contributed by atoms with van der Waals surface area (Å²) < 4.78 is 20.9. The highest BCUT2D eigenvalue weighted by Crippen LogP contribution is 2.25. The van der Waals surface area contributed by atoms with E-state index in [0.717, 1.165) is 19.0 Å². The first-order chi connectivity index (χ1) is 12.5. The van der Waals surface area contributed by atoms with Crippen LogP contribution < -0.4 is 10.2 Å². The molecule has 140 valence electrons. The molecule has 0 spiro atoms. The molecule has 3 rings (SSSR count). The van der Waals surface area contributed by atoms with Gasteiger partial charge in [0.25, 0.3) is 0 Å². The second-order valence-corrected chi connectivity index (χ2v) is 7.46. The summed E-state index contributed by atoms with van der Waals surface area (Å²) in [4.78, 5) is 14.5. The lowest BCUT2D eigenvalue weighted by Crippen LogP contribution is -2.37. The summed E-state index contributed by atoms with van der Waals surface area (Å²) in [5.74, 6) is 0.213. The number of nitrogens with one attached hydrogen (secondary N) is 1. The van der Waals surface area contributed by atoms with Gasteiger partial charge in [-0.2, -0.15) is 0 Å². The molecule has 9 heteroatoms. The van der Waals surface area contributed by atoms with Gasteiger partial charge in [-0.05, 0) is 31.5 Å². The molecule has 1 fully saturated rings. The van der Waals surface area contributed by atoms with E-state index >= 15 is 0 Å². The molecule has 0 aliphatic carbocycles. The fourth-order valence-corrected chi connectivity index (χ4v) is 3.38. The van der Waals surface area contributed by atoms with Crippen LogP contribution >= 0.6 is 11.8 Å². The van der Waals surface area contributed by atoms with E-state index in [1.165, 1.54) is 17.8 Å². The van der Waals surface area contributed by atoms with Crippen LogP contribution in [0.5, 0.6) is 0 Å². The van der Waals surface area contributed by atoms with E-state index in [1.807, 2.05) is 11.6 Å². The third-order valence-electron chi connectivity index (χ3n) is 4.20. The second-order valence-electron chi connectivity index (χ2n) is 6.15. The minimum atomic E-state index is -0.403. The fraction of sp³-hybridized carbons (Fsp3) is 0.471. The lowest BCUT2D eigenvalue weighted by Gasteiger charge is -2.27. The summed E-state index contributed by atoms with van der Waals surface area (Å²) in [6.45, 7) is 6.34. The number of aryl methyl sites for hydroxylation is 1. The molecule has 1 unspecified atom stereocenters. The first-order valence-corrected chi connectivity index (χ1v) is 9.29. The molecular weight excluding hydrogens is 357 g/mol. The van der Waals surface area contributed by atoms with E-state index in [-0.39, 0.29) is 11.7 Å².